The summed E-state index contributed by atoms with van der Waals surface area (Å²) >= 11 is 0. The lowest BCUT2D eigenvalue weighted by atomic mass is 10.3. The third-order valence-corrected chi connectivity index (χ3v) is 2.99. The second kappa shape index (κ2) is 10.1. The SMILES string of the molecule is C[C@@H](C(=O)O)N1C(=O)CCC1=O.C[C@H](N)C(=O)O.O=C1CCC(=O)O1. The molecule has 2 amide bonds. The Kier molecular flexibility index (Phi) is 8.99. The Morgan fingerprint density at radius 3 is 1.48 bits per heavy atom. The van der Waals surface area contributed by atoms with E-state index in [2.05, 4.69) is 4.74 Å². The van der Waals surface area contributed by atoms with Gasteiger partial charge in [0.25, 0.3) is 0 Å². The van der Waals surface area contributed by atoms with Crippen LogP contribution in [0, 0.1) is 0 Å². The molecule has 11 heteroatoms. The van der Waals surface area contributed by atoms with Crippen LogP contribution in [0.15, 0.2) is 0 Å². The summed E-state index contributed by atoms with van der Waals surface area (Å²) in [4.78, 5) is 62.8. The van der Waals surface area contributed by atoms with Gasteiger partial charge in [-0.2, -0.15) is 0 Å². The van der Waals surface area contributed by atoms with Crippen LogP contribution in [-0.2, 0) is 33.5 Å². The van der Waals surface area contributed by atoms with E-state index >= 15 is 0 Å². The summed E-state index contributed by atoms with van der Waals surface area (Å²) < 4.78 is 4.08. The van der Waals surface area contributed by atoms with Crippen molar-refractivity contribution in [2.45, 2.75) is 51.6 Å². The number of carboxylic acid groups (broad SMARTS) is 2. The molecule has 0 saturated carbocycles. The van der Waals surface area contributed by atoms with Crippen LogP contribution in [0.25, 0.3) is 0 Å². The van der Waals surface area contributed by atoms with Crippen molar-refractivity contribution in [1.82, 2.24) is 4.90 Å². The van der Waals surface area contributed by atoms with Crippen molar-refractivity contribution in [2.75, 3.05) is 0 Å². The zero-order valence-corrected chi connectivity index (χ0v) is 13.8. The van der Waals surface area contributed by atoms with Gasteiger partial charge in [-0.1, -0.05) is 0 Å². The molecule has 25 heavy (non-hydrogen) atoms. The summed E-state index contributed by atoms with van der Waals surface area (Å²) in [6.07, 6.45) is 0.796. The number of esters is 2. The Hall–Kier alpha value is -2.82. The van der Waals surface area contributed by atoms with Gasteiger partial charge in [-0.25, -0.2) is 4.79 Å². The fraction of sp³-hybridized carbons (Fsp3) is 0.571. The predicted octanol–water partition coefficient (Wildman–Crippen LogP) is -1.12. The second-order valence-electron chi connectivity index (χ2n) is 5.14. The van der Waals surface area contributed by atoms with Gasteiger partial charge in [0.2, 0.25) is 11.8 Å². The van der Waals surface area contributed by atoms with Gasteiger partial charge in [-0.05, 0) is 13.8 Å². The van der Waals surface area contributed by atoms with E-state index in [1.54, 1.807) is 0 Å². The molecule has 4 N–H and O–H groups in total. The zero-order valence-electron chi connectivity index (χ0n) is 13.8. The first kappa shape index (κ1) is 22.2. The van der Waals surface area contributed by atoms with Crippen LogP contribution in [-0.4, -0.2) is 62.9 Å². The van der Waals surface area contributed by atoms with E-state index in [0.717, 1.165) is 4.90 Å². The highest BCUT2D eigenvalue weighted by Crippen LogP contribution is 2.14. The molecular formula is C14H20N2O9. The Labute approximate surface area is 142 Å². The van der Waals surface area contributed by atoms with Crippen molar-refractivity contribution in [3.63, 3.8) is 0 Å². The minimum absolute atomic E-state index is 0.135. The lowest BCUT2D eigenvalue weighted by Crippen LogP contribution is -2.42. The molecule has 2 saturated heterocycles. The number of carbonyl (C=O) groups is 6. The number of carbonyl (C=O) groups excluding carboxylic acids is 4. The number of hydrogen-bond donors (Lipinski definition) is 3. The van der Waals surface area contributed by atoms with Crippen molar-refractivity contribution < 1.29 is 43.7 Å². The molecule has 0 radical (unpaired) electrons. The minimum Gasteiger partial charge on any atom is -0.480 e. The van der Waals surface area contributed by atoms with Gasteiger partial charge in [-0.3, -0.25) is 28.9 Å². The molecule has 0 unspecified atom stereocenters. The molecule has 2 rings (SSSR count). The molecule has 0 aliphatic carbocycles. The lowest BCUT2D eigenvalue weighted by molar-refractivity contribution is -0.153. The molecule has 0 spiro atoms. The van der Waals surface area contributed by atoms with Gasteiger partial charge in [0.05, 0.1) is 12.8 Å². The number of likely N-dealkylation sites (tertiary alicyclic amines) is 1. The Morgan fingerprint density at radius 1 is 0.920 bits per heavy atom. The summed E-state index contributed by atoms with van der Waals surface area (Å²) in [6.45, 7) is 2.74. The number of hydrogen-bond acceptors (Lipinski definition) is 8. The first-order valence-electron chi connectivity index (χ1n) is 7.27. The quantitative estimate of drug-likeness (QED) is 0.316. The molecule has 11 nitrogen and oxygen atoms in total. The number of carboxylic acids is 2. The van der Waals surface area contributed by atoms with Crippen molar-refractivity contribution in [2.24, 2.45) is 5.73 Å². The van der Waals surface area contributed by atoms with E-state index in [1.165, 1.54) is 13.8 Å². The molecule has 2 aliphatic heterocycles. The first-order chi connectivity index (χ1) is 11.5. The van der Waals surface area contributed by atoms with Crippen LogP contribution >= 0.6 is 0 Å². The smallest absolute Gasteiger partial charge is 0.326 e. The molecule has 140 valence electrons. The maximum absolute atomic E-state index is 11.0. The number of rotatable bonds is 3. The number of cyclic esters (lactones) is 2. The van der Waals surface area contributed by atoms with Gasteiger partial charge >= 0.3 is 23.9 Å². The number of nitrogens with zero attached hydrogens (tertiary/aromatic N) is 1. The predicted molar refractivity (Wildman–Crippen MR) is 79.8 cm³/mol. The van der Waals surface area contributed by atoms with Crippen molar-refractivity contribution in [3.8, 4) is 0 Å². The molecule has 2 aliphatic rings. The van der Waals surface area contributed by atoms with Crippen LogP contribution in [0.3, 0.4) is 0 Å². The highest BCUT2D eigenvalue weighted by molar-refractivity contribution is 6.04. The van der Waals surface area contributed by atoms with E-state index < -0.39 is 47.8 Å². The Bertz CT molecular complexity index is 541. The summed E-state index contributed by atoms with van der Waals surface area (Å²) in [5.41, 5.74) is 4.84. The summed E-state index contributed by atoms with van der Waals surface area (Å²) in [5, 5.41) is 16.4. The Morgan fingerprint density at radius 2 is 1.28 bits per heavy atom. The van der Waals surface area contributed by atoms with Gasteiger partial charge in [-0.15, -0.1) is 0 Å². The van der Waals surface area contributed by atoms with Gasteiger partial charge < -0.3 is 20.7 Å². The molecular weight excluding hydrogens is 340 g/mol. The number of imide groups is 1. The number of aliphatic carboxylic acids is 2. The Balaban J connectivity index is 0.000000378. The molecule has 0 bridgehead atoms. The average molecular weight is 360 g/mol. The van der Waals surface area contributed by atoms with Crippen LogP contribution in [0.2, 0.25) is 0 Å². The summed E-state index contributed by atoms with van der Waals surface area (Å²) in [6, 6.07) is -1.77. The molecule has 2 fully saturated rings. The molecule has 0 aromatic rings. The van der Waals surface area contributed by atoms with Crippen molar-refractivity contribution in [3.05, 3.63) is 0 Å². The van der Waals surface area contributed by atoms with E-state index in [1.807, 2.05) is 0 Å². The molecule has 2 atom stereocenters. The summed E-state index contributed by atoms with van der Waals surface area (Å²) in [5.74, 6) is -3.70. The second-order valence-corrected chi connectivity index (χ2v) is 5.14. The number of nitrogens with two attached hydrogens (primary N) is 1. The van der Waals surface area contributed by atoms with E-state index in [9.17, 15) is 28.8 Å². The summed E-state index contributed by atoms with van der Waals surface area (Å²) in [7, 11) is 0. The number of ether oxygens (including phenoxy) is 1. The van der Waals surface area contributed by atoms with Crippen LogP contribution in [0.5, 0.6) is 0 Å². The highest BCUT2D eigenvalue weighted by atomic mass is 16.6. The molecule has 2 heterocycles. The topological polar surface area (TPSA) is 181 Å². The first-order valence-corrected chi connectivity index (χ1v) is 7.27. The van der Waals surface area contributed by atoms with Crippen molar-refractivity contribution in [1.29, 1.82) is 0 Å². The molecule has 0 aromatic heterocycles. The fourth-order valence-corrected chi connectivity index (χ4v) is 1.57. The third-order valence-electron chi connectivity index (χ3n) is 2.99. The lowest BCUT2D eigenvalue weighted by Gasteiger charge is -2.17. The fourth-order valence-electron chi connectivity index (χ4n) is 1.57. The van der Waals surface area contributed by atoms with Crippen LogP contribution in [0.1, 0.15) is 39.5 Å². The standard InChI is InChI=1S/C7H9NO4.C4H4O3.C3H7NO2/c1-4(7(11)12)8-5(9)2-3-6(8)10;5-3-1-2-4(6)7-3;1-2(4)3(5)6/h4H,2-3H2,1H3,(H,11,12);1-2H2;2H,4H2,1H3,(H,5,6)/t4-;;2-/m0.0/s1. The van der Waals surface area contributed by atoms with Gasteiger partial charge in [0.1, 0.15) is 12.1 Å². The average Bonchev–Trinajstić information content (AvgIpc) is 3.04. The third kappa shape index (κ3) is 8.01. The highest BCUT2D eigenvalue weighted by Gasteiger charge is 2.35. The maximum atomic E-state index is 11.0. The zero-order chi connectivity index (χ0) is 19.7. The van der Waals surface area contributed by atoms with E-state index in [-0.39, 0.29) is 25.7 Å². The number of amides is 2. The van der Waals surface area contributed by atoms with Crippen molar-refractivity contribution >= 4 is 35.7 Å². The van der Waals surface area contributed by atoms with Crippen LogP contribution < -0.4 is 5.73 Å². The van der Waals surface area contributed by atoms with E-state index in [0.29, 0.717) is 0 Å². The normalized spacial score (nSPS) is 18.4. The molecule has 0 aromatic carbocycles. The monoisotopic (exact) mass is 360 g/mol. The van der Waals surface area contributed by atoms with Gasteiger partial charge in [0, 0.05) is 12.8 Å². The minimum atomic E-state index is -1.15. The maximum Gasteiger partial charge on any atom is 0.326 e. The van der Waals surface area contributed by atoms with Crippen LogP contribution in [0.4, 0.5) is 0 Å². The largest absolute Gasteiger partial charge is 0.480 e. The van der Waals surface area contributed by atoms with E-state index in [4.69, 9.17) is 15.9 Å². The van der Waals surface area contributed by atoms with Gasteiger partial charge in [0.15, 0.2) is 0 Å².